The lowest BCUT2D eigenvalue weighted by molar-refractivity contribution is 0.101. The Hall–Kier alpha value is -3.32. The van der Waals surface area contributed by atoms with Crippen LogP contribution in [-0.2, 0) is 0 Å². The quantitative estimate of drug-likeness (QED) is 0.599. The summed E-state index contributed by atoms with van der Waals surface area (Å²) < 4.78 is 11.8. The lowest BCUT2D eigenvalue weighted by Gasteiger charge is -2.19. The summed E-state index contributed by atoms with van der Waals surface area (Å²) in [5.41, 5.74) is 2.07. The summed E-state index contributed by atoms with van der Waals surface area (Å²) in [5, 5.41) is 5.64. The molecule has 146 valence electrons. The Morgan fingerprint density at radius 3 is 2.07 bits per heavy atom. The standard InChI is InChI=1S/C22H17BrN2O4/c23-16-5-1-3-14(11-16)21(26)24-17-6-2-4-15(12-17)22(27)25-18-7-8-19-20(13-18)29-10-9-28-19/h1-8,11-13H,9-10H2,(H,24,26)(H,25,27). The predicted octanol–water partition coefficient (Wildman–Crippen LogP) is 4.72. The third kappa shape index (κ3) is 4.57. The van der Waals surface area contributed by atoms with Gasteiger partial charge in [0.25, 0.3) is 11.8 Å². The van der Waals surface area contributed by atoms with Crippen molar-refractivity contribution >= 4 is 39.1 Å². The van der Waals surface area contributed by atoms with Crippen LogP contribution >= 0.6 is 15.9 Å². The molecule has 2 amide bonds. The van der Waals surface area contributed by atoms with E-state index in [0.29, 0.717) is 47.2 Å². The molecule has 0 atom stereocenters. The Morgan fingerprint density at radius 2 is 1.34 bits per heavy atom. The van der Waals surface area contributed by atoms with Crippen molar-refractivity contribution in [2.45, 2.75) is 0 Å². The number of fused-ring (bicyclic) bond motifs is 1. The first-order valence-electron chi connectivity index (χ1n) is 8.96. The second-order valence-corrected chi connectivity index (χ2v) is 7.27. The van der Waals surface area contributed by atoms with Crippen molar-refractivity contribution in [1.29, 1.82) is 0 Å². The zero-order valence-electron chi connectivity index (χ0n) is 15.3. The first kappa shape index (κ1) is 19.0. The molecule has 3 aromatic rings. The largest absolute Gasteiger partial charge is 0.486 e. The normalized spacial score (nSPS) is 12.2. The highest BCUT2D eigenvalue weighted by Gasteiger charge is 2.14. The van der Waals surface area contributed by atoms with Crippen molar-refractivity contribution in [2.75, 3.05) is 23.8 Å². The van der Waals surface area contributed by atoms with Crippen molar-refractivity contribution in [3.05, 3.63) is 82.3 Å². The minimum absolute atomic E-state index is 0.254. The van der Waals surface area contributed by atoms with Gasteiger partial charge in [0.05, 0.1) is 0 Å². The zero-order chi connectivity index (χ0) is 20.2. The molecule has 1 aliphatic rings. The number of amides is 2. The van der Waals surface area contributed by atoms with Crippen LogP contribution in [0.25, 0.3) is 0 Å². The molecule has 0 spiro atoms. The first-order chi connectivity index (χ1) is 14.1. The highest BCUT2D eigenvalue weighted by molar-refractivity contribution is 9.10. The summed E-state index contributed by atoms with van der Waals surface area (Å²) in [5.74, 6) is 0.714. The number of anilines is 2. The van der Waals surface area contributed by atoms with Crippen LogP contribution in [0.15, 0.2) is 71.2 Å². The second-order valence-electron chi connectivity index (χ2n) is 6.36. The summed E-state index contributed by atoms with van der Waals surface area (Å²) in [6.07, 6.45) is 0. The van der Waals surface area contributed by atoms with Gasteiger partial charge in [0.2, 0.25) is 0 Å². The third-order valence-corrected chi connectivity index (χ3v) is 4.76. The summed E-state index contributed by atoms with van der Waals surface area (Å²) in [6.45, 7) is 0.987. The van der Waals surface area contributed by atoms with Crippen LogP contribution in [0.1, 0.15) is 20.7 Å². The lowest BCUT2D eigenvalue weighted by Crippen LogP contribution is -2.17. The van der Waals surface area contributed by atoms with Crippen LogP contribution in [0.3, 0.4) is 0 Å². The van der Waals surface area contributed by atoms with Crippen molar-refractivity contribution in [3.8, 4) is 11.5 Å². The lowest BCUT2D eigenvalue weighted by atomic mass is 10.1. The monoisotopic (exact) mass is 452 g/mol. The van der Waals surface area contributed by atoms with E-state index in [1.807, 2.05) is 6.07 Å². The number of halogens is 1. The van der Waals surface area contributed by atoms with E-state index in [4.69, 9.17) is 9.47 Å². The molecule has 0 radical (unpaired) electrons. The van der Waals surface area contributed by atoms with Crippen LogP contribution in [-0.4, -0.2) is 25.0 Å². The van der Waals surface area contributed by atoms with Gasteiger partial charge in [-0.3, -0.25) is 9.59 Å². The van der Waals surface area contributed by atoms with E-state index in [-0.39, 0.29) is 11.8 Å². The smallest absolute Gasteiger partial charge is 0.255 e. The van der Waals surface area contributed by atoms with E-state index in [1.54, 1.807) is 60.7 Å². The van der Waals surface area contributed by atoms with Gasteiger partial charge in [-0.25, -0.2) is 0 Å². The minimum atomic E-state index is -0.291. The molecule has 29 heavy (non-hydrogen) atoms. The predicted molar refractivity (Wildman–Crippen MR) is 114 cm³/mol. The Balaban J connectivity index is 1.46. The summed E-state index contributed by atoms with van der Waals surface area (Å²) >= 11 is 3.35. The van der Waals surface area contributed by atoms with E-state index in [1.165, 1.54) is 0 Å². The fourth-order valence-corrected chi connectivity index (χ4v) is 3.29. The number of rotatable bonds is 4. The second kappa shape index (κ2) is 8.36. The van der Waals surface area contributed by atoms with E-state index >= 15 is 0 Å². The Labute approximate surface area is 176 Å². The maximum absolute atomic E-state index is 12.6. The topological polar surface area (TPSA) is 76.7 Å². The molecule has 4 rings (SSSR count). The number of carbonyl (C=O) groups excluding carboxylic acids is 2. The van der Waals surface area contributed by atoms with Crippen LogP contribution < -0.4 is 20.1 Å². The molecule has 7 heteroatoms. The van der Waals surface area contributed by atoms with E-state index < -0.39 is 0 Å². The maximum atomic E-state index is 12.6. The highest BCUT2D eigenvalue weighted by Crippen LogP contribution is 2.32. The van der Waals surface area contributed by atoms with Crippen molar-refractivity contribution < 1.29 is 19.1 Å². The third-order valence-electron chi connectivity index (χ3n) is 4.27. The molecule has 0 unspecified atom stereocenters. The molecular weight excluding hydrogens is 436 g/mol. The maximum Gasteiger partial charge on any atom is 0.255 e. The Bertz CT molecular complexity index is 1080. The van der Waals surface area contributed by atoms with Gasteiger partial charge in [-0.05, 0) is 48.5 Å². The molecule has 3 aromatic carbocycles. The Kier molecular flexibility index (Phi) is 5.48. The molecule has 0 saturated carbocycles. The van der Waals surface area contributed by atoms with E-state index in [2.05, 4.69) is 26.6 Å². The number of nitrogens with one attached hydrogen (secondary N) is 2. The van der Waals surface area contributed by atoms with Crippen molar-refractivity contribution in [3.63, 3.8) is 0 Å². The fraction of sp³-hybridized carbons (Fsp3) is 0.0909. The molecule has 0 aliphatic carbocycles. The summed E-state index contributed by atoms with van der Waals surface area (Å²) in [4.78, 5) is 25.0. The molecule has 1 aliphatic heterocycles. The highest BCUT2D eigenvalue weighted by atomic mass is 79.9. The van der Waals surface area contributed by atoms with Crippen molar-refractivity contribution in [1.82, 2.24) is 0 Å². The van der Waals surface area contributed by atoms with Gasteiger partial charge < -0.3 is 20.1 Å². The average Bonchev–Trinajstić information content (AvgIpc) is 2.74. The molecular formula is C22H17BrN2O4. The van der Waals surface area contributed by atoms with Gasteiger partial charge in [-0.2, -0.15) is 0 Å². The molecule has 0 bridgehead atoms. The number of hydrogen-bond acceptors (Lipinski definition) is 4. The molecule has 0 saturated heterocycles. The van der Waals surface area contributed by atoms with Crippen LogP contribution in [0.4, 0.5) is 11.4 Å². The molecule has 2 N–H and O–H groups in total. The number of benzene rings is 3. The number of hydrogen-bond donors (Lipinski definition) is 2. The van der Waals surface area contributed by atoms with Gasteiger partial charge in [-0.15, -0.1) is 0 Å². The van der Waals surface area contributed by atoms with E-state index in [0.717, 1.165) is 4.47 Å². The Morgan fingerprint density at radius 1 is 0.724 bits per heavy atom. The fourth-order valence-electron chi connectivity index (χ4n) is 2.90. The average molecular weight is 453 g/mol. The zero-order valence-corrected chi connectivity index (χ0v) is 16.9. The molecule has 6 nitrogen and oxygen atoms in total. The first-order valence-corrected chi connectivity index (χ1v) is 9.76. The van der Waals surface area contributed by atoms with Crippen LogP contribution in [0.5, 0.6) is 11.5 Å². The van der Waals surface area contributed by atoms with Crippen LogP contribution in [0.2, 0.25) is 0 Å². The van der Waals surface area contributed by atoms with Crippen LogP contribution in [0, 0.1) is 0 Å². The molecule has 0 aromatic heterocycles. The van der Waals surface area contributed by atoms with Gasteiger partial charge in [0.1, 0.15) is 13.2 Å². The summed E-state index contributed by atoms with van der Waals surface area (Å²) in [6, 6.07) is 19.1. The SMILES string of the molecule is O=C(Nc1cccc(C(=O)Nc2ccc3c(c2)OCCO3)c1)c1cccc(Br)c1. The van der Waals surface area contributed by atoms with Gasteiger partial charge in [0.15, 0.2) is 11.5 Å². The van der Waals surface area contributed by atoms with Gasteiger partial charge in [0, 0.05) is 33.0 Å². The minimum Gasteiger partial charge on any atom is -0.486 e. The summed E-state index contributed by atoms with van der Waals surface area (Å²) in [7, 11) is 0. The molecule has 0 fully saturated rings. The van der Waals surface area contributed by atoms with Crippen molar-refractivity contribution in [2.24, 2.45) is 0 Å². The molecule has 1 heterocycles. The van der Waals surface area contributed by atoms with E-state index in [9.17, 15) is 9.59 Å². The van der Waals surface area contributed by atoms with Gasteiger partial charge >= 0.3 is 0 Å². The number of carbonyl (C=O) groups is 2. The number of ether oxygens (including phenoxy) is 2. The van der Waals surface area contributed by atoms with Gasteiger partial charge in [-0.1, -0.05) is 28.1 Å².